The molecule has 0 N–H and O–H groups in total. The maximum absolute atomic E-state index is 5.28. The van der Waals surface area contributed by atoms with Gasteiger partial charge in [0.15, 0.2) is 17.5 Å². The molecule has 1 unspecified atom stereocenters. The Morgan fingerprint density at radius 2 is 0.954 bits per heavy atom. The highest BCUT2D eigenvalue weighted by Gasteiger charge is 2.29. The average Bonchev–Trinajstić information content (AvgIpc) is 3.70. The maximum Gasteiger partial charge on any atom is 0.164 e. The number of allylic oxidation sites excluding steroid dienone is 4. The van der Waals surface area contributed by atoms with Crippen molar-refractivity contribution < 1.29 is 0 Å². The van der Waals surface area contributed by atoms with E-state index in [1.54, 1.807) is 0 Å². The summed E-state index contributed by atoms with van der Waals surface area (Å²) < 4.78 is 2.60. The molecule has 0 spiro atoms. The van der Waals surface area contributed by atoms with E-state index < -0.39 is 0 Å². The first-order valence-electron chi connectivity index (χ1n) is 22.6. The van der Waals surface area contributed by atoms with Crippen LogP contribution in [0.1, 0.15) is 44.2 Å². The molecule has 1 aliphatic rings. The van der Waals surface area contributed by atoms with Crippen LogP contribution in [-0.2, 0) is 5.41 Å². The summed E-state index contributed by atoms with van der Waals surface area (Å²) in [4.78, 5) is 15.6. The van der Waals surface area contributed by atoms with E-state index in [1.807, 2.05) is 36.4 Å². The molecule has 0 bridgehead atoms. The minimum absolute atomic E-state index is 0.0826. The van der Waals surface area contributed by atoms with Crippen LogP contribution >= 0.6 is 0 Å². The van der Waals surface area contributed by atoms with Gasteiger partial charge in [-0.1, -0.05) is 203 Å². The van der Waals surface area contributed by atoms with Gasteiger partial charge in [0.05, 0.1) is 16.7 Å². The molecule has 10 aromatic rings. The fraction of sp³-hybridized carbons (Fsp3) is 0.0984. The number of fused-ring (bicyclic) bond motifs is 3. The SMILES string of the molecule is CC(C)(C)c1cc(-c2ccccc2)cc2c3cc(-c4ccccc4)ccc3n(-c3c(-c4ccccc4)cc(-c4nc(-c5ccccc5)nc(-c5ccccc5)n4)cc3C3C=CC=CC3)c12. The minimum atomic E-state index is -0.204. The number of benzene rings is 8. The van der Waals surface area contributed by atoms with Gasteiger partial charge in [0.25, 0.3) is 0 Å². The van der Waals surface area contributed by atoms with Gasteiger partial charge < -0.3 is 4.57 Å². The van der Waals surface area contributed by atoms with Crippen molar-refractivity contribution in [3.8, 4) is 73.2 Å². The number of hydrogen-bond acceptors (Lipinski definition) is 3. The molecule has 2 heterocycles. The number of hydrogen-bond donors (Lipinski definition) is 0. The third-order valence-electron chi connectivity index (χ3n) is 12.7. The second-order valence-electron chi connectivity index (χ2n) is 18.0. The van der Waals surface area contributed by atoms with E-state index in [1.165, 1.54) is 49.7 Å². The lowest BCUT2D eigenvalue weighted by Gasteiger charge is -2.27. The summed E-state index contributed by atoms with van der Waals surface area (Å²) in [6.45, 7) is 7.04. The second-order valence-corrected chi connectivity index (χ2v) is 18.0. The van der Waals surface area contributed by atoms with Crippen LogP contribution in [-0.4, -0.2) is 19.5 Å². The lowest BCUT2D eigenvalue weighted by atomic mass is 9.83. The smallest absolute Gasteiger partial charge is 0.164 e. The van der Waals surface area contributed by atoms with Gasteiger partial charge in [0.2, 0.25) is 0 Å². The van der Waals surface area contributed by atoms with E-state index in [0.717, 1.165) is 45.4 Å². The summed E-state index contributed by atoms with van der Waals surface area (Å²) in [6.07, 6.45) is 9.87. The topological polar surface area (TPSA) is 43.6 Å². The Labute approximate surface area is 381 Å². The molecule has 0 fully saturated rings. The Morgan fingerprint density at radius 3 is 1.49 bits per heavy atom. The van der Waals surface area contributed by atoms with Crippen molar-refractivity contribution in [1.82, 2.24) is 19.5 Å². The van der Waals surface area contributed by atoms with Gasteiger partial charge in [-0.25, -0.2) is 15.0 Å². The molecule has 1 aliphatic carbocycles. The van der Waals surface area contributed by atoms with Crippen molar-refractivity contribution in [1.29, 1.82) is 0 Å². The molecule has 4 nitrogen and oxygen atoms in total. The summed E-state index contributed by atoms with van der Waals surface area (Å²) >= 11 is 0. The molecule has 8 aromatic carbocycles. The first-order chi connectivity index (χ1) is 31.9. The van der Waals surface area contributed by atoms with E-state index in [-0.39, 0.29) is 11.3 Å². The zero-order valence-corrected chi connectivity index (χ0v) is 36.9. The van der Waals surface area contributed by atoms with Gasteiger partial charge in [0.1, 0.15) is 0 Å². The first kappa shape index (κ1) is 39.9. The van der Waals surface area contributed by atoms with Crippen LogP contribution in [0.15, 0.2) is 218 Å². The quantitative estimate of drug-likeness (QED) is 0.153. The molecular weight excluding hydrogens is 789 g/mol. The van der Waals surface area contributed by atoms with Crippen LogP contribution in [0.4, 0.5) is 0 Å². The highest BCUT2D eigenvalue weighted by atomic mass is 15.0. The molecular formula is C61H48N4. The molecule has 65 heavy (non-hydrogen) atoms. The van der Waals surface area contributed by atoms with Crippen LogP contribution in [0.5, 0.6) is 0 Å². The fourth-order valence-corrected chi connectivity index (χ4v) is 9.46. The van der Waals surface area contributed by atoms with Crippen LogP contribution in [0, 0.1) is 0 Å². The molecule has 0 saturated heterocycles. The average molecular weight is 837 g/mol. The van der Waals surface area contributed by atoms with Gasteiger partial charge in [-0.2, -0.15) is 0 Å². The number of aromatic nitrogens is 4. The highest BCUT2D eigenvalue weighted by molar-refractivity contribution is 6.13. The molecule has 4 heteroatoms. The van der Waals surface area contributed by atoms with E-state index in [9.17, 15) is 0 Å². The van der Waals surface area contributed by atoms with Gasteiger partial charge >= 0.3 is 0 Å². The first-order valence-corrected chi connectivity index (χ1v) is 22.6. The van der Waals surface area contributed by atoms with Crippen molar-refractivity contribution in [3.05, 3.63) is 230 Å². The molecule has 0 saturated carbocycles. The zero-order valence-electron chi connectivity index (χ0n) is 36.9. The third kappa shape index (κ3) is 7.57. The Bertz CT molecular complexity index is 3340. The molecule has 11 rings (SSSR count). The molecule has 0 amide bonds. The lowest BCUT2D eigenvalue weighted by molar-refractivity contribution is 0.594. The van der Waals surface area contributed by atoms with Gasteiger partial charge in [0, 0.05) is 38.9 Å². The molecule has 1 atom stereocenters. The van der Waals surface area contributed by atoms with Gasteiger partial charge in [-0.3, -0.25) is 0 Å². The Hall–Kier alpha value is -7.95. The normalized spacial score (nSPS) is 13.7. The highest BCUT2D eigenvalue weighted by Crippen LogP contribution is 2.47. The fourth-order valence-electron chi connectivity index (χ4n) is 9.46. The Kier molecular flexibility index (Phi) is 10.2. The standard InChI is InChI=1S/C61H48N4/c1-61(2,3)54-40-48(42-24-12-5-13-25-42)37-53-52-36-47(41-22-10-4-11-23-41)34-35-55(52)65(57(53)54)56-50(43-26-14-6-15-27-43)38-49(39-51(56)44-28-16-7-17-29-44)60-63-58(45-30-18-8-19-31-45)62-59(64-60)46-32-20-9-21-33-46/h4-28,30-40,44H,29H2,1-3H3. The summed E-state index contributed by atoms with van der Waals surface area (Å²) in [5.74, 6) is 2.00. The third-order valence-corrected chi connectivity index (χ3v) is 12.7. The van der Waals surface area contributed by atoms with E-state index >= 15 is 0 Å². The monoisotopic (exact) mass is 836 g/mol. The summed E-state index contributed by atoms with van der Waals surface area (Å²) in [7, 11) is 0. The van der Waals surface area contributed by atoms with Crippen LogP contribution in [0.2, 0.25) is 0 Å². The summed E-state index contributed by atoms with van der Waals surface area (Å²) in [5.41, 5.74) is 15.7. The predicted octanol–water partition coefficient (Wildman–Crippen LogP) is 15.9. The van der Waals surface area contributed by atoms with Crippen molar-refractivity contribution in [2.24, 2.45) is 0 Å². The molecule has 0 aliphatic heterocycles. The summed E-state index contributed by atoms with van der Waals surface area (Å²) in [5, 5.41) is 2.45. The number of nitrogens with zero attached hydrogens (tertiary/aromatic N) is 4. The van der Waals surface area contributed by atoms with Crippen LogP contribution in [0.3, 0.4) is 0 Å². The number of rotatable bonds is 8. The lowest BCUT2D eigenvalue weighted by Crippen LogP contribution is -2.15. The molecule has 0 radical (unpaired) electrons. The van der Waals surface area contributed by atoms with Crippen molar-refractivity contribution >= 4 is 21.8 Å². The zero-order chi connectivity index (χ0) is 43.9. The largest absolute Gasteiger partial charge is 0.308 e. The molecule has 2 aromatic heterocycles. The van der Waals surface area contributed by atoms with Gasteiger partial charge in [-0.15, -0.1) is 0 Å². The minimum Gasteiger partial charge on any atom is -0.308 e. The van der Waals surface area contributed by atoms with Crippen LogP contribution < -0.4 is 0 Å². The molecule has 312 valence electrons. The van der Waals surface area contributed by atoms with Crippen molar-refractivity contribution in [3.63, 3.8) is 0 Å². The van der Waals surface area contributed by atoms with E-state index in [0.29, 0.717) is 17.5 Å². The van der Waals surface area contributed by atoms with Crippen LogP contribution in [0.25, 0.3) is 95.0 Å². The van der Waals surface area contributed by atoms with E-state index in [2.05, 4.69) is 207 Å². The summed E-state index contributed by atoms with van der Waals surface area (Å²) in [6, 6.07) is 69.5. The maximum atomic E-state index is 5.28. The van der Waals surface area contributed by atoms with Crippen molar-refractivity contribution in [2.75, 3.05) is 0 Å². The van der Waals surface area contributed by atoms with E-state index in [4.69, 9.17) is 15.0 Å². The predicted molar refractivity (Wildman–Crippen MR) is 271 cm³/mol. The van der Waals surface area contributed by atoms with Crippen molar-refractivity contribution in [2.45, 2.75) is 38.5 Å². The second kappa shape index (κ2) is 16.6. The Balaban J connectivity index is 1.28. The van der Waals surface area contributed by atoms with Gasteiger partial charge in [-0.05, 0) is 87.2 Å². The Morgan fingerprint density at radius 1 is 0.446 bits per heavy atom.